The number of nitrogens with zero attached hydrogens (tertiary/aromatic N) is 1. The van der Waals surface area contributed by atoms with Gasteiger partial charge in [0.05, 0.1) is 18.2 Å². The molecule has 5 rings (SSSR count). The van der Waals surface area contributed by atoms with E-state index < -0.39 is 0 Å². The lowest BCUT2D eigenvalue weighted by atomic mass is 9.57. The maximum Gasteiger partial charge on any atom is 0.407 e. The second kappa shape index (κ2) is 10.4. The minimum atomic E-state index is -0.368. The highest BCUT2D eigenvalue weighted by molar-refractivity contribution is 5.75. The van der Waals surface area contributed by atoms with E-state index in [9.17, 15) is 14.0 Å². The van der Waals surface area contributed by atoms with Gasteiger partial charge in [0.15, 0.2) is 0 Å². The summed E-state index contributed by atoms with van der Waals surface area (Å²) in [5.41, 5.74) is 2.48. The molecule has 0 bridgehead atoms. The van der Waals surface area contributed by atoms with Gasteiger partial charge >= 0.3 is 12.1 Å². The second-order valence-corrected chi connectivity index (χ2v) is 10.3. The van der Waals surface area contributed by atoms with Gasteiger partial charge in [-0.2, -0.15) is 0 Å². The van der Waals surface area contributed by atoms with Crippen molar-refractivity contribution in [1.82, 2.24) is 10.3 Å². The lowest BCUT2D eigenvalue weighted by Crippen LogP contribution is -2.48. The number of carbonyl (C=O) groups is 2. The summed E-state index contributed by atoms with van der Waals surface area (Å²) in [6, 6.07) is 10.4. The number of benzene rings is 1. The Hall–Kier alpha value is -3.22. The average molecular weight is 493 g/mol. The summed E-state index contributed by atoms with van der Waals surface area (Å²) in [5, 5.41) is 3.00. The summed E-state index contributed by atoms with van der Waals surface area (Å²) in [6.45, 7) is 4.15. The van der Waals surface area contributed by atoms with Gasteiger partial charge in [-0.05, 0) is 87.1 Å². The zero-order valence-corrected chi connectivity index (χ0v) is 20.7. The molecule has 2 heterocycles. The number of nitrogens with one attached hydrogen (secondary N) is 1. The first-order valence-electron chi connectivity index (χ1n) is 13.0. The fraction of sp³-hybridized carbons (Fsp3) is 0.483. The molecular formula is C29H33FN2O4. The van der Waals surface area contributed by atoms with Crippen LogP contribution in [-0.4, -0.2) is 35.8 Å². The van der Waals surface area contributed by atoms with E-state index in [0.717, 1.165) is 42.5 Å². The molecular weight excluding hydrogens is 459 g/mol. The molecule has 3 fully saturated rings. The van der Waals surface area contributed by atoms with Crippen molar-refractivity contribution in [2.24, 2.45) is 29.6 Å². The predicted octanol–water partition coefficient (Wildman–Crippen LogP) is 5.63. The standard InChI is InChI=1S/C29H33FN2O4/c1-3-35-29(34)32-23-10-11-24-20(14-23)15-26-27(17(2)36-28(26)33)25(24)12-9-22-8-7-19(16-31-22)18-5-4-6-21(30)13-18/h4-9,12-13,16-17,20,23-27H,3,10-11,14-15H2,1-2H3,(H,32,34)/t17-,20-,23+,24-,25-,26+,27-/m1/s1. The second-order valence-electron chi connectivity index (χ2n) is 10.3. The Morgan fingerprint density at radius 3 is 2.83 bits per heavy atom. The number of amides is 1. The molecule has 1 amide bonds. The molecule has 1 saturated heterocycles. The van der Waals surface area contributed by atoms with Gasteiger partial charge in [0.1, 0.15) is 11.9 Å². The van der Waals surface area contributed by atoms with Crippen molar-refractivity contribution in [3.8, 4) is 11.1 Å². The topological polar surface area (TPSA) is 77.5 Å². The number of aromatic nitrogens is 1. The van der Waals surface area contributed by atoms with Crippen LogP contribution in [0.2, 0.25) is 0 Å². The number of cyclic esters (lactones) is 1. The van der Waals surface area contributed by atoms with Gasteiger partial charge in [0.2, 0.25) is 0 Å². The van der Waals surface area contributed by atoms with Crippen LogP contribution in [0.3, 0.4) is 0 Å². The Bertz CT molecular complexity index is 1130. The van der Waals surface area contributed by atoms with E-state index in [1.54, 1.807) is 19.2 Å². The van der Waals surface area contributed by atoms with Gasteiger partial charge in [-0.25, -0.2) is 9.18 Å². The number of carbonyl (C=O) groups excluding carboxylic acids is 2. The number of halogens is 1. The molecule has 0 spiro atoms. The van der Waals surface area contributed by atoms with Crippen LogP contribution >= 0.6 is 0 Å². The Morgan fingerprint density at radius 1 is 1.22 bits per heavy atom. The van der Waals surface area contributed by atoms with Gasteiger partial charge in [0.25, 0.3) is 0 Å². The Balaban J connectivity index is 1.34. The smallest absolute Gasteiger partial charge is 0.407 e. The number of allylic oxidation sites excluding steroid dienone is 1. The summed E-state index contributed by atoms with van der Waals surface area (Å²) in [6.07, 6.45) is 9.07. The van der Waals surface area contributed by atoms with Crippen molar-refractivity contribution in [2.45, 2.75) is 51.7 Å². The van der Waals surface area contributed by atoms with E-state index in [0.29, 0.717) is 18.4 Å². The number of alkyl carbamates (subject to hydrolysis) is 1. The van der Waals surface area contributed by atoms with Crippen LogP contribution in [0.15, 0.2) is 48.7 Å². The van der Waals surface area contributed by atoms with E-state index in [2.05, 4.69) is 16.4 Å². The molecule has 1 aromatic heterocycles. The number of hydrogen-bond acceptors (Lipinski definition) is 5. The van der Waals surface area contributed by atoms with E-state index in [-0.39, 0.29) is 47.8 Å². The summed E-state index contributed by atoms with van der Waals surface area (Å²) in [5.74, 6) is 0.629. The molecule has 3 aliphatic rings. The first-order chi connectivity index (χ1) is 17.4. The highest BCUT2D eigenvalue weighted by Gasteiger charge is 2.54. The van der Waals surface area contributed by atoms with Gasteiger partial charge in [0, 0.05) is 23.7 Å². The van der Waals surface area contributed by atoms with Crippen molar-refractivity contribution in [2.75, 3.05) is 6.61 Å². The Kier molecular flexibility index (Phi) is 7.08. The highest BCUT2D eigenvalue weighted by Crippen LogP contribution is 2.53. The number of hydrogen-bond donors (Lipinski definition) is 1. The minimum absolute atomic E-state index is 0.0679. The van der Waals surface area contributed by atoms with E-state index in [1.165, 1.54) is 12.1 Å². The fourth-order valence-electron chi connectivity index (χ4n) is 6.64. The number of esters is 1. The molecule has 36 heavy (non-hydrogen) atoms. The number of pyridine rings is 1. The normalized spacial score (nSPS) is 31.4. The average Bonchev–Trinajstić information content (AvgIpc) is 3.15. The van der Waals surface area contributed by atoms with Crippen molar-refractivity contribution in [3.63, 3.8) is 0 Å². The molecule has 0 unspecified atom stereocenters. The predicted molar refractivity (Wildman–Crippen MR) is 134 cm³/mol. The first kappa shape index (κ1) is 24.5. The third kappa shape index (κ3) is 5.01. The van der Waals surface area contributed by atoms with E-state index >= 15 is 0 Å². The molecule has 1 aromatic carbocycles. The molecule has 6 nitrogen and oxygen atoms in total. The number of ether oxygens (including phenoxy) is 2. The van der Waals surface area contributed by atoms with Crippen molar-refractivity contribution < 1.29 is 23.5 Å². The summed E-state index contributed by atoms with van der Waals surface area (Å²) >= 11 is 0. The Morgan fingerprint density at radius 2 is 2.08 bits per heavy atom. The van der Waals surface area contributed by atoms with Crippen LogP contribution < -0.4 is 5.32 Å². The molecule has 1 aliphatic heterocycles. The molecule has 190 valence electrons. The largest absolute Gasteiger partial charge is 0.462 e. The third-order valence-electron chi connectivity index (χ3n) is 8.18. The van der Waals surface area contributed by atoms with E-state index in [4.69, 9.17) is 9.47 Å². The molecule has 2 saturated carbocycles. The first-order valence-corrected chi connectivity index (χ1v) is 13.0. The lowest BCUT2D eigenvalue weighted by molar-refractivity contribution is -0.144. The zero-order valence-electron chi connectivity index (χ0n) is 20.7. The van der Waals surface area contributed by atoms with Crippen molar-refractivity contribution >= 4 is 18.1 Å². The van der Waals surface area contributed by atoms with Gasteiger partial charge < -0.3 is 14.8 Å². The van der Waals surface area contributed by atoms with Crippen LogP contribution in [-0.2, 0) is 14.3 Å². The molecule has 0 radical (unpaired) electrons. The van der Waals surface area contributed by atoms with Crippen molar-refractivity contribution in [1.29, 1.82) is 0 Å². The van der Waals surface area contributed by atoms with Gasteiger partial charge in [-0.15, -0.1) is 0 Å². The summed E-state index contributed by atoms with van der Waals surface area (Å²) in [7, 11) is 0. The molecule has 2 aromatic rings. The molecule has 1 N–H and O–H groups in total. The molecule has 7 heteroatoms. The van der Waals surface area contributed by atoms with Crippen LogP contribution in [0.4, 0.5) is 9.18 Å². The SMILES string of the molecule is CCOC(=O)N[C@H]1CC[C@@H]2[C@H](C1)C[C@@H]1C(=O)O[C@H](C)[C@@H]1[C@@H]2C=Cc1ccc(-c2cccc(F)c2)cn1. The molecule has 7 atom stereocenters. The van der Waals surface area contributed by atoms with Crippen LogP contribution in [0, 0.1) is 35.4 Å². The van der Waals surface area contributed by atoms with Crippen LogP contribution in [0.25, 0.3) is 17.2 Å². The monoisotopic (exact) mass is 492 g/mol. The third-order valence-corrected chi connectivity index (χ3v) is 8.18. The number of fused-ring (bicyclic) bond motifs is 2. The van der Waals surface area contributed by atoms with Gasteiger partial charge in [-0.1, -0.05) is 24.3 Å². The summed E-state index contributed by atoms with van der Waals surface area (Å²) in [4.78, 5) is 29.2. The quantitative estimate of drug-likeness (QED) is 0.548. The van der Waals surface area contributed by atoms with Gasteiger partial charge in [-0.3, -0.25) is 9.78 Å². The summed E-state index contributed by atoms with van der Waals surface area (Å²) < 4.78 is 24.3. The minimum Gasteiger partial charge on any atom is -0.462 e. The highest BCUT2D eigenvalue weighted by atomic mass is 19.1. The fourth-order valence-corrected chi connectivity index (χ4v) is 6.64. The molecule has 2 aliphatic carbocycles. The number of rotatable bonds is 5. The van der Waals surface area contributed by atoms with Crippen LogP contribution in [0.1, 0.15) is 45.2 Å². The van der Waals surface area contributed by atoms with Crippen LogP contribution in [0.5, 0.6) is 0 Å². The zero-order chi connectivity index (χ0) is 25.2. The van der Waals surface area contributed by atoms with Crippen molar-refractivity contribution in [3.05, 3.63) is 60.2 Å². The Labute approximate surface area is 211 Å². The lowest BCUT2D eigenvalue weighted by Gasteiger charge is -2.47. The maximum atomic E-state index is 13.6. The maximum absolute atomic E-state index is 13.6. The van der Waals surface area contributed by atoms with E-state index in [1.807, 2.05) is 31.2 Å².